The molecule has 0 radical (unpaired) electrons. The van der Waals surface area contributed by atoms with Crippen LogP contribution in [0, 0.1) is 0 Å². The lowest BCUT2D eigenvalue weighted by molar-refractivity contribution is 0.413. The van der Waals surface area contributed by atoms with Gasteiger partial charge in [0.25, 0.3) is 0 Å². The number of ether oxygens (including phenoxy) is 1. The van der Waals surface area contributed by atoms with Crippen molar-refractivity contribution in [2.75, 3.05) is 13.7 Å². The van der Waals surface area contributed by atoms with E-state index in [2.05, 4.69) is 48.5 Å². The van der Waals surface area contributed by atoms with Gasteiger partial charge in [-0.1, -0.05) is 36.4 Å². The SMILES string of the molecule is COc1ccc2c(c1)C(CCN)C(c1ccccc1)C2. The molecular formula is C18H21NO. The van der Waals surface area contributed by atoms with E-state index in [1.165, 1.54) is 16.7 Å². The van der Waals surface area contributed by atoms with Crippen LogP contribution in [0.2, 0.25) is 0 Å². The molecule has 0 aromatic heterocycles. The lowest BCUT2D eigenvalue weighted by Gasteiger charge is -2.20. The third kappa shape index (κ3) is 2.32. The molecule has 2 unspecified atom stereocenters. The predicted octanol–water partition coefficient (Wildman–Crippen LogP) is 3.47. The predicted molar refractivity (Wildman–Crippen MR) is 82.3 cm³/mol. The Labute approximate surface area is 120 Å². The zero-order valence-electron chi connectivity index (χ0n) is 11.9. The van der Waals surface area contributed by atoms with E-state index in [1.54, 1.807) is 7.11 Å². The lowest BCUT2D eigenvalue weighted by Crippen LogP contribution is -2.11. The molecule has 20 heavy (non-hydrogen) atoms. The van der Waals surface area contributed by atoms with Crippen LogP contribution in [0.15, 0.2) is 48.5 Å². The number of fused-ring (bicyclic) bond motifs is 1. The molecule has 0 aliphatic heterocycles. The van der Waals surface area contributed by atoms with Crippen molar-refractivity contribution in [3.05, 3.63) is 65.2 Å². The van der Waals surface area contributed by atoms with E-state index in [-0.39, 0.29) is 0 Å². The first-order valence-corrected chi connectivity index (χ1v) is 7.25. The standard InChI is InChI=1S/C18H21NO/c1-20-15-8-7-14-11-17(13-5-3-2-4-6-13)16(9-10-19)18(14)12-15/h2-8,12,16-17H,9-11,19H2,1H3. The molecule has 2 aromatic carbocycles. The number of rotatable bonds is 4. The molecule has 2 atom stereocenters. The fraction of sp³-hybridized carbons (Fsp3) is 0.333. The van der Waals surface area contributed by atoms with E-state index < -0.39 is 0 Å². The Morgan fingerprint density at radius 3 is 2.65 bits per heavy atom. The number of methoxy groups -OCH3 is 1. The van der Waals surface area contributed by atoms with Crippen LogP contribution in [0.4, 0.5) is 0 Å². The minimum Gasteiger partial charge on any atom is -0.497 e. The van der Waals surface area contributed by atoms with E-state index in [1.807, 2.05) is 0 Å². The summed E-state index contributed by atoms with van der Waals surface area (Å²) in [7, 11) is 1.73. The Hall–Kier alpha value is -1.80. The first-order chi connectivity index (χ1) is 9.83. The van der Waals surface area contributed by atoms with Crippen LogP contribution >= 0.6 is 0 Å². The van der Waals surface area contributed by atoms with Gasteiger partial charge in [0.2, 0.25) is 0 Å². The Morgan fingerprint density at radius 1 is 1.15 bits per heavy atom. The van der Waals surface area contributed by atoms with E-state index in [9.17, 15) is 0 Å². The molecule has 0 amide bonds. The summed E-state index contributed by atoms with van der Waals surface area (Å²) in [5, 5.41) is 0. The zero-order chi connectivity index (χ0) is 13.9. The van der Waals surface area contributed by atoms with Crippen LogP contribution in [0.1, 0.15) is 34.9 Å². The molecule has 1 aliphatic carbocycles. The first-order valence-electron chi connectivity index (χ1n) is 7.25. The highest BCUT2D eigenvalue weighted by Crippen LogP contribution is 2.46. The second-order valence-corrected chi connectivity index (χ2v) is 5.47. The van der Waals surface area contributed by atoms with Gasteiger partial charge < -0.3 is 10.5 Å². The monoisotopic (exact) mass is 267 g/mol. The average molecular weight is 267 g/mol. The van der Waals surface area contributed by atoms with Crippen LogP contribution in [0.25, 0.3) is 0 Å². The second kappa shape index (κ2) is 5.68. The normalized spacial score (nSPS) is 20.7. The van der Waals surface area contributed by atoms with Crippen LogP contribution in [-0.4, -0.2) is 13.7 Å². The molecule has 0 fully saturated rings. The lowest BCUT2D eigenvalue weighted by atomic mass is 9.84. The number of hydrogen-bond donors (Lipinski definition) is 1. The van der Waals surface area contributed by atoms with Crippen LogP contribution in [0.3, 0.4) is 0 Å². The topological polar surface area (TPSA) is 35.2 Å². The quantitative estimate of drug-likeness (QED) is 0.920. The zero-order valence-corrected chi connectivity index (χ0v) is 11.9. The minimum atomic E-state index is 0.507. The highest BCUT2D eigenvalue weighted by molar-refractivity contribution is 5.45. The Morgan fingerprint density at radius 2 is 1.95 bits per heavy atom. The van der Waals surface area contributed by atoms with Gasteiger partial charge in [-0.15, -0.1) is 0 Å². The van der Waals surface area contributed by atoms with Crippen LogP contribution in [0.5, 0.6) is 5.75 Å². The molecule has 2 heteroatoms. The third-order valence-electron chi connectivity index (χ3n) is 4.38. The molecule has 1 aliphatic rings. The van der Waals surface area contributed by atoms with E-state index in [0.29, 0.717) is 11.8 Å². The highest BCUT2D eigenvalue weighted by Gasteiger charge is 2.33. The van der Waals surface area contributed by atoms with Gasteiger partial charge in [0, 0.05) is 0 Å². The van der Waals surface area contributed by atoms with Crippen molar-refractivity contribution < 1.29 is 4.74 Å². The average Bonchev–Trinajstić information content (AvgIpc) is 2.86. The van der Waals surface area contributed by atoms with Crippen molar-refractivity contribution in [1.82, 2.24) is 0 Å². The maximum atomic E-state index is 5.85. The summed E-state index contributed by atoms with van der Waals surface area (Å²) in [5.41, 5.74) is 10.1. The highest BCUT2D eigenvalue weighted by atomic mass is 16.5. The largest absolute Gasteiger partial charge is 0.497 e. The summed E-state index contributed by atoms with van der Waals surface area (Å²) in [6.07, 6.45) is 2.13. The van der Waals surface area contributed by atoms with Gasteiger partial charge >= 0.3 is 0 Å². The molecule has 2 nitrogen and oxygen atoms in total. The van der Waals surface area contributed by atoms with Gasteiger partial charge in [0.15, 0.2) is 0 Å². The van der Waals surface area contributed by atoms with Gasteiger partial charge in [0.1, 0.15) is 5.75 Å². The summed E-state index contributed by atoms with van der Waals surface area (Å²) in [5.74, 6) is 1.99. The fourth-order valence-corrected chi connectivity index (χ4v) is 3.41. The Bertz CT molecular complexity index is 579. The molecule has 0 bridgehead atoms. The van der Waals surface area contributed by atoms with Gasteiger partial charge in [-0.25, -0.2) is 0 Å². The van der Waals surface area contributed by atoms with Crippen molar-refractivity contribution in [1.29, 1.82) is 0 Å². The van der Waals surface area contributed by atoms with Crippen molar-refractivity contribution >= 4 is 0 Å². The first kappa shape index (κ1) is 13.2. The van der Waals surface area contributed by atoms with Gasteiger partial charge in [-0.05, 0) is 60.0 Å². The molecule has 2 aromatic rings. The smallest absolute Gasteiger partial charge is 0.119 e. The number of benzene rings is 2. The summed E-state index contributed by atoms with van der Waals surface area (Å²) in [6.45, 7) is 0.727. The van der Waals surface area contributed by atoms with E-state index in [4.69, 9.17) is 10.5 Å². The summed E-state index contributed by atoms with van der Waals surface area (Å²) in [6, 6.07) is 17.3. The summed E-state index contributed by atoms with van der Waals surface area (Å²) in [4.78, 5) is 0. The Balaban J connectivity index is 1.99. The maximum Gasteiger partial charge on any atom is 0.119 e. The second-order valence-electron chi connectivity index (χ2n) is 5.47. The van der Waals surface area contributed by atoms with Crippen molar-refractivity contribution in [3.63, 3.8) is 0 Å². The van der Waals surface area contributed by atoms with E-state index >= 15 is 0 Å². The minimum absolute atomic E-state index is 0.507. The number of hydrogen-bond acceptors (Lipinski definition) is 2. The van der Waals surface area contributed by atoms with Gasteiger partial charge in [-0.3, -0.25) is 0 Å². The molecule has 0 saturated heterocycles. The fourth-order valence-electron chi connectivity index (χ4n) is 3.41. The van der Waals surface area contributed by atoms with Gasteiger partial charge in [-0.2, -0.15) is 0 Å². The molecule has 104 valence electrons. The molecule has 2 N–H and O–H groups in total. The van der Waals surface area contributed by atoms with Crippen LogP contribution in [-0.2, 0) is 6.42 Å². The van der Waals surface area contributed by atoms with Crippen LogP contribution < -0.4 is 10.5 Å². The Kier molecular flexibility index (Phi) is 3.75. The molecule has 3 rings (SSSR count). The van der Waals surface area contributed by atoms with Crippen molar-refractivity contribution in [2.45, 2.75) is 24.7 Å². The molecular weight excluding hydrogens is 246 g/mol. The number of nitrogens with two attached hydrogens (primary N) is 1. The van der Waals surface area contributed by atoms with Crippen molar-refractivity contribution in [3.8, 4) is 5.75 Å². The van der Waals surface area contributed by atoms with Gasteiger partial charge in [0.05, 0.1) is 7.11 Å². The maximum absolute atomic E-state index is 5.85. The molecule has 0 heterocycles. The van der Waals surface area contributed by atoms with Crippen molar-refractivity contribution in [2.24, 2.45) is 5.73 Å². The molecule has 0 saturated carbocycles. The molecule has 0 spiro atoms. The summed E-state index contributed by atoms with van der Waals surface area (Å²) < 4.78 is 5.38. The van der Waals surface area contributed by atoms with E-state index in [0.717, 1.165) is 25.1 Å². The summed E-state index contributed by atoms with van der Waals surface area (Å²) >= 11 is 0. The third-order valence-corrected chi connectivity index (χ3v) is 4.38.